The number of anilines is 1. The maximum atomic E-state index is 13.1. The molecule has 152 valence electrons. The van der Waals surface area contributed by atoms with E-state index in [-0.39, 0.29) is 18.0 Å². The number of amides is 1. The van der Waals surface area contributed by atoms with Crippen LogP contribution in [0.1, 0.15) is 6.92 Å². The van der Waals surface area contributed by atoms with Gasteiger partial charge in [0.15, 0.2) is 0 Å². The third-order valence-corrected chi connectivity index (χ3v) is 6.62. The first-order chi connectivity index (χ1) is 13.8. The van der Waals surface area contributed by atoms with E-state index < -0.39 is 15.9 Å². The summed E-state index contributed by atoms with van der Waals surface area (Å²) < 4.78 is 32.5. The molecule has 0 radical (unpaired) electrons. The number of hydrogen-bond donors (Lipinski definition) is 1. The molecule has 0 aromatic heterocycles. The number of nitrogens with zero attached hydrogens (tertiary/aromatic N) is 1. The topological polar surface area (TPSA) is 75.7 Å². The van der Waals surface area contributed by atoms with Crippen molar-refractivity contribution in [2.75, 3.05) is 25.5 Å². The van der Waals surface area contributed by atoms with Crippen LogP contribution in [-0.4, -0.2) is 38.8 Å². The monoisotopic (exact) mass is 432 g/mol. The van der Waals surface area contributed by atoms with Crippen LogP contribution in [0.5, 0.6) is 5.75 Å². The second-order valence-corrected chi connectivity index (χ2v) is 8.71. The van der Waals surface area contributed by atoms with Crippen molar-refractivity contribution in [1.29, 1.82) is 0 Å². The van der Waals surface area contributed by atoms with Gasteiger partial charge in [-0.2, -0.15) is 4.31 Å². The third-order valence-electron chi connectivity index (χ3n) is 4.47. The molecule has 3 aromatic carbocycles. The molecular weight excluding hydrogens is 412 g/mol. The summed E-state index contributed by atoms with van der Waals surface area (Å²) in [5, 5.41) is 4.86. The maximum absolute atomic E-state index is 13.1. The second-order valence-electron chi connectivity index (χ2n) is 6.33. The number of methoxy groups -OCH3 is 1. The molecular formula is C21H21ClN2O4S. The SMILES string of the molecule is CCN(CC(=O)Nc1cc(Cl)ccc1OC)S(=O)(=O)c1ccc2ccccc2c1. The maximum Gasteiger partial charge on any atom is 0.243 e. The zero-order valence-electron chi connectivity index (χ0n) is 16.1. The predicted octanol–water partition coefficient (Wildman–Crippen LogP) is 4.15. The van der Waals surface area contributed by atoms with Crippen LogP contribution in [0.15, 0.2) is 65.6 Å². The van der Waals surface area contributed by atoms with Gasteiger partial charge in [0, 0.05) is 11.6 Å². The number of ether oxygens (including phenoxy) is 1. The molecule has 29 heavy (non-hydrogen) atoms. The smallest absolute Gasteiger partial charge is 0.243 e. The van der Waals surface area contributed by atoms with Gasteiger partial charge in [-0.1, -0.05) is 48.9 Å². The Labute approximate surface area is 175 Å². The lowest BCUT2D eigenvalue weighted by Gasteiger charge is -2.20. The lowest BCUT2D eigenvalue weighted by molar-refractivity contribution is -0.116. The Bertz CT molecular complexity index is 1150. The molecule has 8 heteroatoms. The zero-order chi connectivity index (χ0) is 21.0. The minimum absolute atomic E-state index is 0.145. The molecule has 0 heterocycles. The van der Waals surface area contributed by atoms with Crippen LogP contribution in [0, 0.1) is 0 Å². The first-order valence-corrected chi connectivity index (χ1v) is 10.8. The summed E-state index contributed by atoms with van der Waals surface area (Å²) in [4.78, 5) is 12.7. The van der Waals surface area contributed by atoms with E-state index in [9.17, 15) is 13.2 Å². The fraction of sp³-hybridized carbons (Fsp3) is 0.190. The Balaban J connectivity index is 1.82. The third kappa shape index (κ3) is 4.70. The standard InChI is InChI=1S/C21H21ClN2O4S/c1-3-24(14-21(25)23-19-13-17(22)9-11-20(19)28-2)29(26,27)18-10-8-15-6-4-5-7-16(15)12-18/h4-13H,3,14H2,1-2H3,(H,23,25). The molecule has 3 aromatic rings. The summed E-state index contributed by atoms with van der Waals surface area (Å²) in [6, 6.07) is 17.2. The zero-order valence-corrected chi connectivity index (χ0v) is 17.6. The lowest BCUT2D eigenvalue weighted by Crippen LogP contribution is -2.37. The van der Waals surface area contributed by atoms with Gasteiger partial charge < -0.3 is 10.1 Å². The van der Waals surface area contributed by atoms with Crippen molar-refractivity contribution >= 4 is 44.0 Å². The van der Waals surface area contributed by atoms with Crippen LogP contribution in [0.25, 0.3) is 10.8 Å². The number of halogens is 1. The van der Waals surface area contributed by atoms with E-state index in [4.69, 9.17) is 16.3 Å². The molecule has 0 aliphatic heterocycles. The first-order valence-electron chi connectivity index (χ1n) is 8.97. The number of benzene rings is 3. The van der Waals surface area contributed by atoms with E-state index in [1.807, 2.05) is 24.3 Å². The van der Waals surface area contributed by atoms with E-state index in [1.54, 1.807) is 43.3 Å². The van der Waals surface area contributed by atoms with E-state index in [0.717, 1.165) is 15.1 Å². The van der Waals surface area contributed by atoms with E-state index in [1.165, 1.54) is 7.11 Å². The minimum Gasteiger partial charge on any atom is -0.495 e. The van der Waals surface area contributed by atoms with Crippen LogP contribution in [0.4, 0.5) is 5.69 Å². The number of nitrogens with one attached hydrogen (secondary N) is 1. The van der Waals surface area contributed by atoms with Crippen LogP contribution in [0.2, 0.25) is 5.02 Å². The molecule has 0 saturated heterocycles. The van der Waals surface area contributed by atoms with Gasteiger partial charge in [-0.25, -0.2) is 8.42 Å². The number of rotatable bonds is 7. The van der Waals surface area contributed by atoms with Crippen molar-refractivity contribution in [2.45, 2.75) is 11.8 Å². The highest BCUT2D eigenvalue weighted by Crippen LogP contribution is 2.28. The van der Waals surface area contributed by atoms with Crippen molar-refractivity contribution < 1.29 is 17.9 Å². The average molecular weight is 433 g/mol. The quantitative estimate of drug-likeness (QED) is 0.608. The number of hydrogen-bond acceptors (Lipinski definition) is 4. The summed E-state index contributed by atoms with van der Waals surface area (Å²) >= 11 is 5.98. The number of carbonyl (C=O) groups excluding carboxylic acids is 1. The molecule has 0 spiro atoms. The van der Waals surface area contributed by atoms with Gasteiger partial charge in [-0.15, -0.1) is 0 Å². The number of carbonyl (C=O) groups is 1. The highest BCUT2D eigenvalue weighted by Gasteiger charge is 2.26. The summed E-state index contributed by atoms with van der Waals surface area (Å²) in [5.74, 6) is -0.0556. The summed E-state index contributed by atoms with van der Waals surface area (Å²) in [7, 11) is -2.36. The summed E-state index contributed by atoms with van der Waals surface area (Å²) in [5.41, 5.74) is 0.379. The van der Waals surface area contributed by atoms with Crippen LogP contribution in [-0.2, 0) is 14.8 Å². The Morgan fingerprint density at radius 1 is 1.07 bits per heavy atom. The van der Waals surface area contributed by atoms with Crippen molar-refractivity contribution in [3.8, 4) is 5.75 Å². The Morgan fingerprint density at radius 3 is 2.48 bits per heavy atom. The van der Waals surface area contributed by atoms with Crippen LogP contribution in [0.3, 0.4) is 0 Å². The Kier molecular flexibility index (Phi) is 6.42. The van der Waals surface area contributed by atoms with Gasteiger partial charge in [0.1, 0.15) is 5.75 Å². The number of sulfonamides is 1. The normalized spacial score (nSPS) is 11.6. The first kappa shape index (κ1) is 21.1. The Morgan fingerprint density at radius 2 is 1.79 bits per heavy atom. The fourth-order valence-electron chi connectivity index (χ4n) is 2.97. The Hall–Kier alpha value is -2.61. The second kappa shape index (κ2) is 8.82. The van der Waals surface area contributed by atoms with Gasteiger partial charge in [0.25, 0.3) is 0 Å². The molecule has 0 aliphatic carbocycles. The molecule has 3 rings (SSSR count). The van der Waals surface area contributed by atoms with Gasteiger partial charge in [0.05, 0.1) is 24.2 Å². The highest BCUT2D eigenvalue weighted by molar-refractivity contribution is 7.89. The van der Waals surface area contributed by atoms with Crippen molar-refractivity contribution in [3.63, 3.8) is 0 Å². The molecule has 0 bridgehead atoms. The van der Waals surface area contributed by atoms with E-state index >= 15 is 0 Å². The van der Waals surface area contributed by atoms with Gasteiger partial charge in [-0.3, -0.25) is 4.79 Å². The average Bonchev–Trinajstić information content (AvgIpc) is 2.71. The molecule has 6 nitrogen and oxygen atoms in total. The van der Waals surface area contributed by atoms with Crippen LogP contribution >= 0.6 is 11.6 Å². The van der Waals surface area contributed by atoms with Gasteiger partial charge in [0.2, 0.25) is 15.9 Å². The van der Waals surface area contributed by atoms with E-state index in [0.29, 0.717) is 16.5 Å². The predicted molar refractivity (Wildman–Crippen MR) is 115 cm³/mol. The minimum atomic E-state index is -3.84. The van der Waals surface area contributed by atoms with Gasteiger partial charge in [-0.05, 0) is 41.1 Å². The molecule has 0 aliphatic rings. The number of fused-ring (bicyclic) bond motifs is 1. The molecule has 1 N–H and O–H groups in total. The van der Waals surface area contributed by atoms with Crippen molar-refractivity contribution in [3.05, 3.63) is 65.7 Å². The largest absolute Gasteiger partial charge is 0.495 e. The summed E-state index contributed by atoms with van der Waals surface area (Å²) in [6.45, 7) is 1.50. The van der Waals surface area contributed by atoms with E-state index in [2.05, 4.69) is 5.32 Å². The fourth-order valence-corrected chi connectivity index (χ4v) is 4.58. The highest BCUT2D eigenvalue weighted by atomic mass is 35.5. The molecule has 0 fully saturated rings. The lowest BCUT2D eigenvalue weighted by atomic mass is 10.1. The molecule has 0 saturated carbocycles. The van der Waals surface area contributed by atoms with Crippen molar-refractivity contribution in [2.24, 2.45) is 0 Å². The number of likely N-dealkylation sites (N-methyl/N-ethyl adjacent to an activating group) is 1. The van der Waals surface area contributed by atoms with Crippen LogP contribution < -0.4 is 10.1 Å². The molecule has 0 unspecified atom stereocenters. The summed E-state index contributed by atoms with van der Waals surface area (Å²) in [6.07, 6.45) is 0. The van der Waals surface area contributed by atoms with Gasteiger partial charge >= 0.3 is 0 Å². The molecule has 1 amide bonds. The molecule has 0 atom stereocenters. The van der Waals surface area contributed by atoms with Crippen molar-refractivity contribution in [1.82, 2.24) is 4.31 Å².